The molecule has 0 bridgehead atoms. The van der Waals surface area contributed by atoms with Gasteiger partial charge in [0.2, 0.25) is 0 Å². The van der Waals surface area contributed by atoms with Crippen molar-refractivity contribution in [2.24, 2.45) is 11.8 Å². The maximum Gasteiger partial charge on any atom is 0.161 e. The number of aliphatic hydroxyl groups excluding tert-OH is 2. The molecule has 0 spiro atoms. The van der Waals surface area contributed by atoms with Crippen LogP contribution in [0.4, 0.5) is 5.82 Å². The zero-order valence-corrected chi connectivity index (χ0v) is 12.8. The smallest absolute Gasteiger partial charge is 0.161 e. The number of aromatic nitrogens is 2. The summed E-state index contributed by atoms with van der Waals surface area (Å²) >= 11 is 6.02. The van der Waals surface area contributed by atoms with Gasteiger partial charge >= 0.3 is 0 Å². The Morgan fingerprint density at radius 1 is 1.14 bits per heavy atom. The Morgan fingerprint density at radius 2 is 1.86 bits per heavy atom. The highest BCUT2D eigenvalue weighted by Crippen LogP contribution is 2.28. The molecule has 22 heavy (non-hydrogen) atoms. The number of halogens is 1. The van der Waals surface area contributed by atoms with Crippen LogP contribution < -0.4 is 4.90 Å². The van der Waals surface area contributed by atoms with E-state index in [-0.39, 0.29) is 25.0 Å². The van der Waals surface area contributed by atoms with E-state index < -0.39 is 0 Å². The van der Waals surface area contributed by atoms with Gasteiger partial charge in [-0.15, -0.1) is 0 Å². The largest absolute Gasteiger partial charge is 0.396 e. The minimum atomic E-state index is 0.0773. The van der Waals surface area contributed by atoms with Gasteiger partial charge in [0.05, 0.1) is 0 Å². The fraction of sp³-hybridized carbons (Fsp3) is 0.375. The molecule has 0 amide bonds. The number of rotatable bonds is 4. The molecular weight excluding hydrogens is 302 g/mol. The Labute approximate surface area is 134 Å². The monoisotopic (exact) mass is 319 g/mol. The lowest BCUT2D eigenvalue weighted by molar-refractivity contribution is 0.152. The molecule has 1 aromatic carbocycles. The zero-order valence-electron chi connectivity index (χ0n) is 12.1. The second kappa shape index (κ2) is 6.60. The predicted molar refractivity (Wildman–Crippen MR) is 85.8 cm³/mol. The molecule has 3 rings (SSSR count). The highest BCUT2D eigenvalue weighted by molar-refractivity contribution is 6.30. The van der Waals surface area contributed by atoms with Gasteiger partial charge < -0.3 is 15.1 Å². The van der Waals surface area contributed by atoms with Crippen LogP contribution in [0.3, 0.4) is 0 Å². The summed E-state index contributed by atoms with van der Waals surface area (Å²) in [6.45, 7) is 1.53. The lowest BCUT2D eigenvalue weighted by Gasteiger charge is -2.17. The maximum atomic E-state index is 9.41. The normalized spacial score (nSPS) is 21.3. The van der Waals surface area contributed by atoms with Crippen molar-refractivity contribution in [1.82, 2.24) is 9.97 Å². The second-order valence-electron chi connectivity index (χ2n) is 5.54. The molecule has 1 aliphatic heterocycles. The Bertz CT molecular complexity index is 641. The van der Waals surface area contributed by atoms with Crippen molar-refractivity contribution in [3.63, 3.8) is 0 Å². The van der Waals surface area contributed by atoms with Crippen molar-refractivity contribution in [3.05, 3.63) is 41.6 Å². The van der Waals surface area contributed by atoms with E-state index >= 15 is 0 Å². The third-order valence-electron chi connectivity index (χ3n) is 4.09. The van der Waals surface area contributed by atoms with E-state index in [0.717, 1.165) is 11.4 Å². The minimum absolute atomic E-state index is 0.0773. The minimum Gasteiger partial charge on any atom is -0.396 e. The van der Waals surface area contributed by atoms with Crippen molar-refractivity contribution in [2.75, 3.05) is 31.2 Å². The van der Waals surface area contributed by atoms with E-state index in [1.165, 1.54) is 0 Å². The van der Waals surface area contributed by atoms with Gasteiger partial charge in [-0.2, -0.15) is 0 Å². The number of hydrogen-bond donors (Lipinski definition) is 2. The van der Waals surface area contributed by atoms with Gasteiger partial charge in [-0.3, -0.25) is 0 Å². The van der Waals surface area contributed by atoms with Gasteiger partial charge in [0.15, 0.2) is 5.82 Å². The molecule has 1 fully saturated rings. The molecule has 2 heterocycles. The highest BCUT2D eigenvalue weighted by atomic mass is 35.5. The molecule has 1 saturated heterocycles. The second-order valence-corrected chi connectivity index (χ2v) is 5.98. The van der Waals surface area contributed by atoms with Crippen LogP contribution in [-0.2, 0) is 0 Å². The van der Waals surface area contributed by atoms with Crippen LogP contribution in [-0.4, -0.2) is 46.5 Å². The fourth-order valence-corrected chi connectivity index (χ4v) is 3.02. The highest BCUT2D eigenvalue weighted by Gasteiger charge is 2.32. The van der Waals surface area contributed by atoms with Crippen LogP contribution in [0.25, 0.3) is 11.4 Å². The van der Waals surface area contributed by atoms with Crippen LogP contribution >= 0.6 is 11.6 Å². The Hall–Kier alpha value is -1.69. The van der Waals surface area contributed by atoms with E-state index in [1.807, 2.05) is 30.3 Å². The summed E-state index contributed by atoms with van der Waals surface area (Å²) in [6.07, 6.45) is 1.72. The summed E-state index contributed by atoms with van der Waals surface area (Å²) in [5.74, 6) is 1.58. The quantitative estimate of drug-likeness (QED) is 0.900. The topological polar surface area (TPSA) is 69.5 Å². The van der Waals surface area contributed by atoms with Crippen molar-refractivity contribution in [2.45, 2.75) is 0 Å². The van der Waals surface area contributed by atoms with Crippen LogP contribution in [0, 0.1) is 11.8 Å². The maximum absolute atomic E-state index is 9.41. The lowest BCUT2D eigenvalue weighted by Crippen LogP contribution is -2.22. The number of aliphatic hydroxyl groups is 2. The Morgan fingerprint density at radius 3 is 2.50 bits per heavy atom. The molecular formula is C16H18ClN3O2. The van der Waals surface area contributed by atoms with Gasteiger partial charge in [0.1, 0.15) is 5.82 Å². The molecule has 2 N–H and O–H groups in total. The summed E-state index contributed by atoms with van der Waals surface area (Å²) in [4.78, 5) is 11.0. The van der Waals surface area contributed by atoms with Gasteiger partial charge in [-0.25, -0.2) is 9.97 Å². The molecule has 0 radical (unpaired) electrons. The first-order valence-corrected chi connectivity index (χ1v) is 7.64. The molecule has 116 valence electrons. The molecule has 2 atom stereocenters. The molecule has 0 saturated carbocycles. The first-order chi connectivity index (χ1) is 10.7. The van der Waals surface area contributed by atoms with Gasteiger partial charge in [-0.1, -0.05) is 23.7 Å². The number of hydrogen-bond acceptors (Lipinski definition) is 5. The SMILES string of the molecule is OC[C@@H]1CN(c2ccnc(-c3cccc(Cl)c3)n2)C[C@@H]1CO. The number of nitrogens with zero attached hydrogens (tertiary/aromatic N) is 3. The van der Waals surface area contributed by atoms with Crippen molar-refractivity contribution in [1.29, 1.82) is 0 Å². The van der Waals surface area contributed by atoms with E-state index in [2.05, 4.69) is 14.9 Å². The Balaban J connectivity index is 1.86. The van der Waals surface area contributed by atoms with Crippen molar-refractivity contribution >= 4 is 17.4 Å². The standard InChI is InChI=1S/C16H18ClN3O2/c17-14-3-1-2-11(6-14)16-18-5-4-15(19-16)20-7-12(9-21)13(8-20)10-22/h1-6,12-13,21-22H,7-10H2/t12-,13+. The lowest BCUT2D eigenvalue weighted by atomic mass is 9.98. The summed E-state index contributed by atoms with van der Waals surface area (Å²) in [5, 5.41) is 19.5. The first kappa shape index (κ1) is 15.2. The Kier molecular flexibility index (Phi) is 4.57. The van der Waals surface area contributed by atoms with E-state index in [1.54, 1.807) is 6.20 Å². The van der Waals surface area contributed by atoms with E-state index in [0.29, 0.717) is 23.9 Å². The van der Waals surface area contributed by atoms with E-state index in [4.69, 9.17) is 11.6 Å². The van der Waals surface area contributed by atoms with Gasteiger partial charge in [0, 0.05) is 54.9 Å². The first-order valence-electron chi connectivity index (χ1n) is 7.27. The average molecular weight is 320 g/mol. The van der Waals surface area contributed by atoms with Gasteiger partial charge in [-0.05, 0) is 18.2 Å². The van der Waals surface area contributed by atoms with Crippen molar-refractivity contribution < 1.29 is 10.2 Å². The van der Waals surface area contributed by atoms with Crippen LogP contribution in [0.5, 0.6) is 0 Å². The van der Waals surface area contributed by atoms with Crippen molar-refractivity contribution in [3.8, 4) is 11.4 Å². The third-order valence-corrected chi connectivity index (χ3v) is 4.33. The number of anilines is 1. The van der Waals surface area contributed by atoms with Crippen LogP contribution in [0.1, 0.15) is 0 Å². The zero-order chi connectivity index (χ0) is 15.5. The predicted octanol–water partition coefficient (Wildman–Crippen LogP) is 1.83. The molecule has 5 nitrogen and oxygen atoms in total. The van der Waals surface area contributed by atoms with Crippen LogP contribution in [0.15, 0.2) is 36.5 Å². The fourth-order valence-electron chi connectivity index (χ4n) is 2.83. The molecule has 0 aliphatic carbocycles. The third kappa shape index (κ3) is 3.06. The summed E-state index contributed by atoms with van der Waals surface area (Å²) in [7, 11) is 0. The molecule has 1 aromatic heterocycles. The summed E-state index contributed by atoms with van der Waals surface area (Å²) < 4.78 is 0. The average Bonchev–Trinajstić information content (AvgIpc) is 2.98. The number of benzene rings is 1. The summed E-state index contributed by atoms with van der Waals surface area (Å²) in [6, 6.07) is 9.28. The molecule has 2 aromatic rings. The van der Waals surface area contributed by atoms with Crippen LogP contribution in [0.2, 0.25) is 5.02 Å². The molecule has 6 heteroatoms. The van der Waals surface area contributed by atoms with Gasteiger partial charge in [0.25, 0.3) is 0 Å². The molecule has 1 aliphatic rings. The van der Waals surface area contributed by atoms with E-state index in [9.17, 15) is 10.2 Å². The summed E-state index contributed by atoms with van der Waals surface area (Å²) in [5.41, 5.74) is 0.867. The molecule has 0 unspecified atom stereocenters.